The number of amides is 2. The van der Waals surface area contributed by atoms with E-state index in [0.717, 1.165) is 17.6 Å². The number of aromatic nitrogens is 1. The van der Waals surface area contributed by atoms with Gasteiger partial charge in [0.15, 0.2) is 5.58 Å². The first-order chi connectivity index (χ1) is 11.6. The van der Waals surface area contributed by atoms with Crippen LogP contribution in [-0.2, 0) is 11.3 Å². The van der Waals surface area contributed by atoms with Crippen molar-refractivity contribution >= 4 is 22.9 Å². The number of furan rings is 1. The van der Waals surface area contributed by atoms with Gasteiger partial charge in [0.25, 0.3) is 5.91 Å². The van der Waals surface area contributed by atoms with Crippen LogP contribution < -0.4 is 0 Å². The van der Waals surface area contributed by atoms with Crippen molar-refractivity contribution in [2.45, 2.75) is 32.7 Å². The molecule has 6 nitrogen and oxygen atoms in total. The molecule has 1 aliphatic carbocycles. The summed E-state index contributed by atoms with van der Waals surface area (Å²) in [6.45, 7) is 4.87. The van der Waals surface area contributed by atoms with E-state index in [0.29, 0.717) is 37.8 Å². The van der Waals surface area contributed by atoms with Gasteiger partial charge in [0.1, 0.15) is 5.69 Å². The molecule has 3 heterocycles. The Morgan fingerprint density at radius 2 is 1.88 bits per heavy atom. The Morgan fingerprint density at radius 1 is 1.17 bits per heavy atom. The smallest absolute Gasteiger partial charge is 0.270 e. The number of piperazine rings is 1. The maximum absolute atomic E-state index is 13.0. The Labute approximate surface area is 141 Å². The van der Waals surface area contributed by atoms with Gasteiger partial charge in [-0.3, -0.25) is 9.59 Å². The summed E-state index contributed by atoms with van der Waals surface area (Å²) >= 11 is 0. The van der Waals surface area contributed by atoms with Crippen molar-refractivity contribution in [2.24, 2.45) is 5.92 Å². The maximum Gasteiger partial charge on any atom is 0.270 e. The van der Waals surface area contributed by atoms with Crippen molar-refractivity contribution in [1.82, 2.24) is 14.4 Å². The Hall–Kier alpha value is -2.24. The second kappa shape index (κ2) is 6.00. The van der Waals surface area contributed by atoms with Crippen LogP contribution in [0.3, 0.4) is 0 Å². The quantitative estimate of drug-likeness (QED) is 0.868. The third-order valence-electron chi connectivity index (χ3n) is 5.42. The van der Waals surface area contributed by atoms with Crippen LogP contribution in [0.25, 0.3) is 11.1 Å². The van der Waals surface area contributed by atoms with E-state index >= 15 is 0 Å². The number of hydrogen-bond acceptors (Lipinski definition) is 3. The Bertz CT molecular complexity index is 764. The van der Waals surface area contributed by atoms with Crippen LogP contribution in [0.4, 0.5) is 0 Å². The zero-order valence-electron chi connectivity index (χ0n) is 14.0. The zero-order valence-corrected chi connectivity index (χ0v) is 14.0. The first-order valence-corrected chi connectivity index (χ1v) is 8.75. The van der Waals surface area contributed by atoms with Crippen LogP contribution >= 0.6 is 0 Å². The highest BCUT2D eigenvalue weighted by atomic mass is 16.3. The molecule has 4 rings (SSSR count). The van der Waals surface area contributed by atoms with Gasteiger partial charge in [0.2, 0.25) is 5.91 Å². The normalized spacial score (nSPS) is 18.9. The predicted octanol–water partition coefficient (Wildman–Crippen LogP) is 2.34. The van der Waals surface area contributed by atoms with E-state index in [1.165, 1.54) is 19.3 Å². The lowest BCUT2D eigenvalue weighted by Gasteiger charge is -2.34. The largest absolute Gasteiger partial charge is 0.463 e. The summed E-state index contributed by atoms with van der Waals surface area (Å²) in [6.07, 6.45) is 5.45. The van der Waals surface area contributed by atoms with E-state index in [9.17, 15) is 9.59 Å². The van der Waals surface area contributed by atoms with Crippen molar-refractivity contribution in [3.63, 3.8) is 0 Å². The second-order valence-corrected chi connectivity index (χ2v) is 6.91. The lowest BCUT2D eigenvalue weighted by molar-refractivity contribution is -0.130. The molecule has 0 aromatic carbocycles. The minimum absolute atomic E-state index is 0.0453. The molecule has 0 N–H and O–H groups in total. The summed E-state index contributed by atoms with van der Waals surface area (Å²) in [6, 6.07) is 3.81. The molecule has 1 saturated heterocycles. The zero-order chi connectivity index (χ0) is 16.7. The molecule has 2 fully saturated rings. The van der Waals surface area contributed by atoms with Gasteiger partial charge in [-0.15, -0.1) is 0 Å². The highest BCUT2D eigenvalue weighted by Crippen LogP contribution is 2.31. The molecule has 24 heavy (non-hydrogen) atoms. The molecular weight excluding hydrogens is 306 g/mol. The molecule has 0 radical (unpaired) electrons. The fourth-order valence-electron chi connectivity index (χ4n) is 3.67. The van der Waals surface area contributed by atoms with Crippen LogP contribution in [0, 0.1) is 5.92 Å². The predicted molar refractivity (Wildman–Crippen MR) is 89.7 cm³/mol. The van der Waals surface area contributed by atoms with Gasteiger partial charge in [-0.2, -0.15) is 0 Å². The van der Waals surface area contributed by atoms with Gasteiger partial charge in [0.05, 0.1) is 11.8 Å². The molecule has 1 aliphatic heterocycles. The average molecular weight is 329 g/mol. The number of carbonyl (C=O) groups is 2. The Kier molecular flexibility index (Phi) is 3.82. The first kappa shape index (κ1) is 15.3. The van der Waals surface area contributed by atoms with E-state index in [2.05, 4.69) is 4.57 Å². The van der Waals surface area contributed by atoms with Gasteiger partial charge >= 0.3 is 0 Å². The monoisotopic (exact) mass is 329 g/mol. The van der Waals surface area contributed by atoms with Crippen LogP contribution in [-0.4, -0.2) is 52.4 Å². The SMILES string of the molecule is CC(=O)N1CCN(C(=O)c2cc3occc3n2CC2CCC2)CC1. The number of fused-ring (bicyclic) bond motifs is 1. The topological polar surface area (TPSA) is 58.7 Å². The van der Waals surface area contributed by atoms with E-state index in [-0.39, 0.29) is 11.8 Å². The number of rotatable bonds is 3. The van der Waals surface area contributed by atoms with Crippen molar-refractivity contribution in [1.29, 1.82) is 0 Å². The lowest BCUT2D eigenvalue weighted by atomic mass is 9.85. The van der Waals surface area contributed by atoms with Gasteiger partial charge < -0.3 is 18.8 Å². The van der Waals surface area contributed by atoms with E-state index in [1.54, 1.807) is 18.1 Å². The minimum atomic E-state index is 0.0453. The van der Waals surface area contributed by atoms with Gasteiger partial charge in [-0.05, 0) is 18.8 Å². The van der Waals surface area contributed by atoms with Gasteiger partial charge in [-0.25, -0.2) is 0 Å². The van der Waals surface area contributed by atoms with Crippen LogP contribution in [0.2, 0.25) is 0 Å². The number of nitrogens with zero attached hydrogens (tertiary/aromatic N) is 3. The molecule has 2 aromatic heterocycles. The second-order valence-electron chi connectivity index (χ2n) is 6.91. The van der Waals surface area contributed by atoms with Crippen LogP contribution in [0.15, 0.2) is 22.8 Å². The molecule has 1 saturated carbocycles. The third kappa shape index (κ3) is 2.60. The first-order valence-electron chi connectivity index (χ1n) is 8.75. The highest BCUT2D eigenvalue weighted by molar-refractivity contribution is 5.97. The molecule has 0 spiro atoms. The summed E-state index contributed by atoms with van der Waals surface area (Å²) in [4.78, 5) is 28.1. The van der Waals surface area contributed by atoms with Gasteiger partial charge in [0, 0.05) is 51.8 Å². The third-order valence-corrected chi connectivity index (χ3v) is 5.42. The van der Waals surface area contributed by atoms with Gasteiger partial charge in [-0.1, -0.05) is 6.42 Å². The molecular formula is C18H23N3O3. The molecule has 0 atom stereocenters. The fourth-order valence-corrected chi connectivity index (χ4v) is 3.67. The molecule has 2 aliphatic rings. The summed E-state index contributed by atoms with van der Waals surface area (Å²) in [5.74, 6) is 0.786. The molecule has 0 bridgehead atoms. The summed E-state index contributed by atoms with van der Waals surface area (Å²) in [7, 11) is 0. The standard InChI is InChI=1S/C18H23N3O3/c1-13(22)19-6-8-20(9-7-19)18(23)16-11-17-15(5-10-24-17)21(16)12-14-3-2-4-14/h5,10-11,14H,2-4,6-9,12H2,1H3. The molecule has 2 aromatic rings. The lowest BCUT2D eigenvalue weighted by Crippen LogP contribution is -2.50. The number of carbonyl (C=O) groups excluding carboxylic acids is 2. The van der Waals surface area contributed by atoms with E-state index < -0.39 is 0 Å². The van der Waals surface area contributed by atoms with Crippen molar-refractivity contribution in [3.05, 3.63) is 24.1 Å². The number of hydrogen-bond donors (Lipinski definition) is 0. The van der Waals surface area contributed by atoms with Crippen LogP contribution in [0.5, 0.6) is 0 Å². The van der Waals surface area contributed by atoms with Crippen molar-refractivity contribution in [2.75, 3.05) is 26.2 Å². The Balaban J connectivity index is 1.56. The summed E-state index contributed by atoms with van der Waals surface area (Å²) in [5.41, 5.74) is 2.50. The maximum atomic E-state index is 13.0. The molecule has 128 valence electrons. The Morgan fingerprint density at radius 3 is 2.50 bits per heavy atom. The van der Waals surface area contributed by atoms with Crippen molar-refractivity contribution < 1.29 is 14.0 Å². The van der Waals surface area contributed by atoms with E-state index in [1.807, 2.05) is 17.0 Å². The molecule has 6 heteroatoms. The summed E-state index contributed by atoms with van der Waals surface area (Å²) in [5, 5.41) is 0. The fraction of sp³-hybridized carbons (Fsp3) is 0.556. The van der Waals surface area contributed by atoms with E-state index in [4.69, 9.17) is 4.42 Å². The summed E-state index contributed by atoms with van der Waals surface area (Å²) < 4.78 is 7.64. The minimum Gasteiger partial charge on any atom is -0.463 e. The highest BCUT2D eigenvalue weighted by Gasteiger charge is 2.28. The molecule has 2 amide bonds. The average Bonchev–Trinajstić information content (AvgIpc) is 3.11. The van der Waals surface area contributed by atoms with Crippen molar-refractivity contribution in [3.8, 4) is 0 Å². The van der Waals surface area contributed by atoms with Crippen LogP contribution in [0.1, 0.15) is 36.7 Å². The molecule has 0 unspecified atom stereocenters.